The standard InChI is InChI=1S/C12H16N2O5S/c1-18-12(15)10-8-9(13-20(16)17)2-3-11(10)14-4-6-19-7-5-14/h2-3,8,13H,4-7H2,1H3,(H,16,17). The molecule has 0 saturated carbocycles. The number of rotatable bonds is 4. The van der Waals surface area contributed by atoms with Gasteiger partial charge >= 0.3 is 5.97 Å². The Balaban J connectivity index is 2.34. The molecule has 1 aliphatic heterocycles. The average molecular weight is 300 g/mol. The second-order valence-corrected chi connectivity index (χ2v) is 4.88. The van der Waals surface area contributed by atoms with Gasteiger partial charge in [0.2, 0.25) is 0 Å². The van der Waals surface area contributed by atoms with Crippen LogP contribution in [0.2, 0.25) is 0 Å². The van der Waals surface area contributed by atoms with E-state index in [9.17, 15) is 9.00 Å². The minimum Gasteiger partial charge on any atom is -0.465 e. The van der Waals surface area contributed by atoms with E-state index < -0.39 is 17.2 Å². The molecule has 0 bridgehead atoms. The lowest BCUT2D eigenvalue weighted by atomic mass is 10.1. The highest BCUT2D eigenvalue weighted by Crippen LogP contribution is 2.26. The van der Waals surface area contributed by atoms with E-state index >= 15 is 0 Å². The molecule has 0 amide bonds. The molecular formula is C12H16N2O5S. The molecular weight excluding hydrogens is 284 g/mol. The highest BCUT2D eigenvalue weighted by Gasteiger charge is 2.20. The van der Waals surface area contributed by atoms with Crippen LogP contribution in [-0.2, 0) is 20.7 Å². The first kappa shape index (κ1) is 14.8. The molecule has 0 radical (unpaired) electrons. The van der Waals surface area contributed by atoms with Gasteiger partial charge in [-0.2, -0.15) is 0 Å². The predicted octanol–water partition coefficient (Wildman–Crippen LogP) is 0.858. The number of nitrogens with zero attached hydrogens (tertiary/aromatic N) is 1. The maximum Gasteiger partial charge on any atom is 0.340 e. The van der Waals surface area contributed by atoms with Crippen molar-refractivity contribution in [2.75, 3.05) is 43.0 Å². The van der Waals surface area contributed by atoms with Gasteiger partial charge in [-0.05, 0) is 18.2 Å². The third-order valence-corrected chi connectivity index (χ3v) is 3.37. The highest BCUT2D eigenvalue weighted by atomic mass is 32.2. The fraction of sp³-hybridized carbons (Fsp3) is 0.417. The van der Waals surface area contributed by atoms with E-state index in [4.69, 9.17) is 14.0 Å². The van der Waals surface area contributed by atoms with E-state index in [2.05, 4.69) is 4.72 Å². The zero-order valence-corrected chi connectivity index (χ0v) is 11.8. The van der Waals surface area contributed by atoms with Crippen LogP contribution >= 0.6 is 0 Å². The van der Waals surface area contributed by atoms with E-state index in [0.717, 1.165) is 5.69 Å². The summed E-state index contributed by atoms with van der Waals surface area (Å²) in [5, 5.41) is 0. The van der Waals surface area contributed by atoms with Crippen LogP contribution in [0.4, 0.5) is 11.4 Å². The van der Waals surface area contributed by atoms with Crippen LogP contribution in [0.1, 0.15) is 10.4 Å². The van der Waals surface area contributed by atoms with Gasteiger partial charge in [0.1, 0.15) is 0 Å². The molecule has 2 rings (SSSR count). The van der Waals surface area contributed by atoms with Crippen LogP contribution in [0.5, 0.6) is 0 Å². The van der Waals surface area contributed by atoms with Crippen LogP contribution in [0, 0.1) is 0 Å². The molecule has 7 nitrogen and oxygen atoms in total. The lowest BCUT2D eigenvalue weighted by Gasteiger charge is -2.30. The number of methoxy groups -OCH3 is 1. The van der Waals surface area contributed by atoms with Crippen molar-refractivity contribution in [2.24, 2.45) is 0 Å². The summed E-state index contributed by atoms with van der Waals surface area (Å²) in [5.74, 6) is -0.487. The van der Waals surface area contributed by atoms with Gasteiger partial charge in [0.05, 0.1) is 31.6 Å². The molecule has 1 atom stereocenters. The Morgan fingerprint density at radius 1 is 1.45 bits per heavy atom. The lowest BCUT2D eigenvalue weighted by molar-refractivity contribution is 0.0600. The van der Waals surface area contributed by atoms with E-state index in [1.54, 1.807) is 12.1 Å². The second kappa shape index (κ2) is 6.69. The summed E-state index contributed by atoms with van der Waals surface area (Å²) in [6.07, 6.45) is 0. The summed E-state index contributed by atoms with van der Waals surface area (Å²) in [5.41, 5.74) is 1.46. The number of benzene rings is 1. The Morgan fingerprint density at radius 3 is 2.75 bits per heavy atom. The molecule has 1 fully saturated rings. The topological polar surface area (TPSA) is 88.1 Å². The number of nitrogens with one attached hydrogen (secondary N) is 1. The molecule has 8 heteroatoms. The maximum absolute atomic E-state index is 11.9. The molecule has 0 aliphatic carbocycles. The number of hydrogen-bond acceptors (Lipinski definition) is 5. The molecule has 1 aliphatic rings. The molecule has 1 saturated heterocycles. The van der Waals surface area contributed by atoms with Gasteiger partial charge in [-0.3, -0.25) is 9.27 Å². The first-order valence-corrected chi connectivity index (χ1v) is 7.15. The van der Waals surface area contributed by atoms with E-state index in [-0.39, 0.29) is 0 Å². The normalized spacial score (nSPS) is 16.6. The van der Waals surface area contributed by atoms with Crippen molar-refractivity contribution in [2.45, 2.75) is 0 Å². The molecule has 2 N–H and O–H groups in total. The molecule has 1 aromatic carbocycles. The molecule has 1 unspecified atom stereocenters. The van der Waals surface area contributed by atoms with Crippen LogP contribution in [0.15, 0.2) is 18.2 Å². The number of anilines is 2. The van der Waals surface area contributed by atoms with Gasteiger partial charge in [-0.25, -0.2) is 9.00 Å². The fourth-order valence-corrected chi connectivity index (χ4v) is 2.38. The number of morpholine rings is 1. The van der Waals surface area contributed by atoms with Crippen molar-refractivity contribution in [3.63, 3.8) is 0 Å². The third-order valence-electron chi connectivity index (χ3n) is 2.96. The summed E-state index contributed by atoms with van der Waals surface area (Å²) >= 11 is -2.19. The van der Waals surface area contributed by atoms with Crippen molar-refractivity contribution >= 4 is 28.6 Å². The first-order chi connectivity index (χ1) is 9.61. The number of ether oxygens (including phenoxy) is 2. The number of carbonyl (C=O) groups excluding carboxylic acids is 1. The smallest absolute Gasteiger partial charge is 0.340 e. The van der Waals surface area contributed by atoms with Crippen molar-refractivity contribution < 1.29 is 23.0 Å². The number of carbonyl (C=O) groups is 1. The van der Waals surface area contributed by atoms with Crippen molar-refractivity contribution in [1.82, 2.24) is 0 Å². The Bertz CT molecular complexity index is 517. The summed E-state index contributed by atoms with van der Waals surface area (Å²) in [6.45, 7) is 2.56. The SMILES string of the molecule is COC(=O)c1cc(NS(=O)O)ccc1N1CCOCC1. The van der Waals surface area contributed by atoms with Crippen molar-refractivity contribution in [1.29, 1.82) is 0 Å². The number of hydrogen-bond donors (Lipinski definition) is 2. The van der Waals surface area contributed by atoms with E-state index in [0.29, 0.717) is 37.6 Å². The van der Waals surface area contributed by atoms with Crippen LogP contribution in [0.25, 0.3) is 0 Å². The van der Waals surface area contributed by atoms with E-state index in [1.165, 1.54) is 13.2 Å². The van der Waals surface area contributed by atoms with Gasteiger partial charge in [0.25, 0.3) is 11.3 Å². The molecule has 1 aromatic rings. The fourth-order valence-electron chi connectivity index (χ4n) is 2.05. The van der Waals surface area contributed by atoms with Gasteiger partial charge < -0.3 is 14.4 Å². The molecule has 110 valence electrons. The van der Waals surface area contributed by atoms with Crippen molar-refractivity contribution in [3.05, 3.63) is 23.8 Å². The minimum absolute atomic E-state index is 0.352. The average Bonchev–Trinajstić information content (AvgIpc) is 2.46. The van der Waals surface area contributed by atoms with Gasteiger partial charge in [-0.15, -0.1) is 0 Å². The van der Waals surface area contributed by atoms with Crippen LogP contribution in [0.3, 0.4) is 0 Å². The monoisotopic (exact) mass is 300 g/mol. The molecule has 20 heavy (non-hydrogen) atoms. The summed E-state index contributed by atoms with van der Waals surface area (Å²) in [6, 6.07) is 4.88. The van der Waals surface area contributed by atoms with Gasteiger partial charge in [-0.1, -0.05) is 0 Å². The zero-order chi connectivity index (χ0) is 14.5. The predicted molar refractivity (Wildman–Crippen MR) is 75.2 cm³/mol. The Morgan fingerprint density at radius 2 is 2.15 bits per heavy atom. The Kier molecular flexibility index (Phi) is 4.94. The minimum atomic E-state index is -2.19. The first-order valence-electron chi connectivity index (χ1n) is 6.04. The van der Waals surface area contributed by atoms with Crippen LogP contribution < -0.4 is 9.62 Å². The highest BCUT2D eigenvalue weighted by molar-refractivity contribution is 7.80. The maximum atomic E-state index is 11.9. The Hall–Kier alpha value is -1.64. The molecule has 1 heterocycles. The summed E-state index contributed by atoms with van der Waals surface area (Å²) in [7, 11) is 1.30. The van der Waals surface area contributed by atoms with Crippen molar-refractivity contribution in [3.8, 4) is 0 Å². The third kappa shape index (κ3) is 3.47. The largest absolute Gasteiger partial charge is 0.465 e. The lowest BCUT2D eigenvalue weighted by Crippen LogP contribution is -2.37. The zero-order valence-electron chi connectivity index (χ0n) is 11.0. The van der Waals surface area contributed by atoms with Gasteiger partial charge in [0, 0.05) is 18.8 Å². The molecule has 0 aromatic heterocycles. The van der Waals surface area contributed by atoms with Gasteiger partial charge in [0.15, 0.2) is 0 Å². The second-order valence-electron chi connectivity index (χ2n) is 4.17. The quantitative estimate of drug-likeness (QED) is 0.633. The number of esters is 1. The van der Waals surface area contributed by atoms with E-state index in [1.807, 2.05) is 4.90 Å². The summed E-state index contributed by atoms with van der Waals surface area (Å²) in [4.78, 5) is 13.9. The molecule has 0 spiro atoms. The summed E-state index contributed by atoms with van der Waals surface area (Å²) < 4.78 is 32.0. The van der Waals surface area contributed by atoms with Crippen LogP contribution in [-0.4, -0.2) is 48.1 Å². The Labute approximate surface area is 119 Å².